The Labute approximate surface area is 643 Å². The SMILES string of the molecule is CCCCOC(CNC1(C)CC(OC2C(Oc3c4cc5cc3Oc3ccc(cc3Cl)[C@@H](O)[C@@H]3NC(=O)C(NC(=O)[C@@H]5NC(=O)C(CC(N)=O)NC(=O)C(NC(=O)[C@@H](CC(C)C)NC)[C@H](O)c5ccc(c(Cl)c5)O4)c4ccc(O)c(c4)-c4c(O)cc(O)cc4[C@H](C(=O)O)NC3=O)OC(CO)C(O)C2O)OC(C)C1O)C(=O)O. The molecule has 21 N–H and O–H groups in total. The van der Waals surface area contributed by atoms with Crippen LogP contribution < -0.4 is 62.5 Å². The van der Waals surface area contributed by atoms with Gasteiger partial charge < -0.3 is 138 Å². The van der Waals surface area contributed by atoms with Crippen LogP contribution in [0.15, 0.2) is 78.9 Å². The van der Waals surface area contributed by atoms with E-state index in [4.69, 9.17) is 62.1 Å². The van der Waals surface area contributed by atoms with Gasteiger partial charge in [0.1, 0.15) is 89.5 Å². The lowest BCUT2D eigenvalue weighted by Crippen LogP contribution is -2.66. The van der Waals surface area contributed by atoms with E-state index >= 15 is 14.4 Å². The molecule has 2 fully saturated rings. The summed E-state index contributed by atoms with van der Waals surface area (Å²) >= 11 is 14.2. The number of aromatic hydroxyl groups is 3. The van der Waals surface area contributed by atoms with Gasteiger partial charge in [0.05, 0.1) is 41.3 Å². The minimum absolute atomic E-state index is 0.0984. The third kappa shape index (κ3) is 18.7. The summed E-state index contributed by atoms with van der Waals surface area (Å²) in [7, 11) is 1.46. The summed E-state index contributed by atoms with van der Waals surface area (Å²) < 4.78 is 44.6. The number of phenolic OH excluding ortho intramolecular Hbond substituents is 3. The fourth-order valence-electron chi connectivity index (χ4n) is 13.6. The number of carboxylic acids is 2. The number of aliphatic hydroxyl groups excluding tert-OH is 6. The summed E-state index contributed by atoms with van der Waals surface area (Å²) in [5, 5.41) is 145. The van der Waals surface area contributed by atoms with Gasteiger partial charge in [0.2, 0.25) is 53.4 Å². The van der Waals surface area contributed by atoms with Crippen molar-refractivity contribution in [3.8, 4) is 57.1 Å². The van der Waals surface area contributed by atoms with Crippen molar-refractivity contribution in [1.82, 2.24) is 42.5 Å². The zero-order valence-corrected chi connectivity index (χ0v) is 61.9. The molecule has 2 saturated heterocycles. The highest BCUT2D eigenvalue weighted by Gasteiger charge is 2.52. The third-order valence-corrected chi connectivity index (χ3v) is 20.1. The van der Waals surface area contributed by atoms with E-state index in [-0.39, 0.29) is 54.4 Å². The molecule has 13 unspecified atom stereocenters. The maximum Gasteiger partial charge on any atom is 0.334 e. The molecule has 0 aromatic heterocycles. The van der Waals surface area contributed by atoms with Gasteiger partial charge >= 0.3 is 11.9 Å². The smallest absolute Gasteiger partial charge is 0.334 e. The zero-order chi connectivity index (χ0) is 80.9. The molecule has 11 bridgehead atoms. The topological polar surface area (TPSA) is 563 Å². The van der Waals surface area contributed by atoms with Crippen LogP contribution in [0.2, 0.25) is 10.0 Å². The molecule has 5 aromatic carbocycles. The van der Waals surface area contributed by atoms with Gasteiger partial charge in [-0.1, -0.05) is 68.6 Å². The lowest BCUT2D eigenvalue weighted by molar-refractivity contribution is -0.334. The van der Waals surface area contributed by atoms with Crippen molar-refractivity contribution < 1.29 is 132 Å². The second-order valence-electron chi connectivity index (χ2n) is 28.1. The number of phenols is 3. The Morgan fingerprint density at radius 1 is 0.721 bits per heavy atom. The van der Waals surface area contributed by atoms with E-state index in [1.165, 1.54) is 33.0 Å². The highest BCUT2D eigenvalue weighted by atomic mass is 35.5. The average Bonchev–Trinajstić information content (AvgIpc) is 0.762. The predicted octanol–water partition coefficient (Wildman–Crippen LogP) is 1.01. The maximum absolute atomic E-state index is 16.1. The first-order valence-corrected chi connectivity index (χ1v) is 36.0. The molecule has 0 radical (unpaired) electrons. The molecule has 111 heavy (non-hydrogen) atoms. The quantitative estimate of drug-likeness (QED) is 0.0456. The molecule has 0 saturated carbocycles. The van der Waals surface area contributed by atoms with E-state index in [1.54, 1.807) is 0 Å². The Kier molecular flexibility index (Phi) is 26.6. The van der Waals surface area contributed by atoms with Crippen LogP contribution in [0, 0.1) is 5.92 Å². The van der Waals surface area contributed by atoms with Crippen LogP contribution in [0.25, 0.3) is 11.1 Å². The van der Waals surface area contributed by atoms with Crippen LogP contribution in [-0.2, 0) is 62.1 Å². The Balaban J connectivity index is 1.21. The van der Waals surface area contributed by atoms with Gasteiger partial charge in [0.15, 0.2) is 36.0 Å². The minimum Gasteiger partial charge on any atom is -0.508 e. The number of unbranched alkanes of at least 4 members (excludes halogenated alkanes) is 1. The number of carbonyl (C=O) groups excluding carboxylic acids is 7. The first-order valence-electron chi connectivity index (χ1n) is 35.3. The molecule has 7 aliphatic heterocycles. The third-order valence-electron chi connectivity index (χ3n) is 19.5. The number of carboxylic acid groups (broad SMARTS) is 2. The number of nitrogens with two attached hydrogens (primary N) is 1. The van der Waals surface area contributed by atoms with Crippen molar-refractivity contribution in [2.75, 3.05) is 26.8 Å². The van der Waals surface area contributed by atoms with Crippen molar-refractivity contribution >= 4 is 76.5 Å². The predicted molar refractivity (Wildman–Crippen MR) is 385 cm³/mol. The Morgan fingerprint density at radius 3 is 1.94 bits per heavy atom. The second kappa shape index (κ2) is 35.3. The first-order chi connectivity index (χ1) is 52.5. The fraction of sp³-hybridized carbons (Fsp3) is 0.466. The highest BCUT2D eigenvalue weighted by Crippen LogP contribution is 2.50. The summed E-state index contributed by atoms with van der Waals surface area (Å²) in [6, 6.07) is -1.06. The van der Waals surface area contributed by atoms with Crippen molar-refractivity contribution in [1.29, 1.82) is 0 Å². The summed E-state index contributed by atoms with van der Waals surface area (Å²) in [4.78, 5) is 130. The van der Waals surface area contributed by atoms with Crippen molar-refractivity contribution in [2.45, 2.75) is 182 Å². The lowest BCUT2D eigenvalue weighted by Gasteiger charge is -2.48. The number of amides is 7. The lowest BCUT2D eigenvalue weighted by atomic mass is 9.84. The highest BCUT2D eigenvalue weighted by molar-refractivity contribution is 6.32. The number of halogens is 2. The van der Waals surface area contributed by atoms with Crippen LogP contribution in [0.4, 0.5) is 0 Å². The number of aliphatic carboxylic acids is 2. The number of benzene rings is 5. The van der Waals surface area contributed by atoms with Gasteiger partial charge in [-0.15, -0.1) is 0 Å². The molecule has 0 aliphatic carbocycles. The van der Waals surface area contributed by atoms with Gasteiger partial charge in [0.25, 0.3) is 0 Å². The van der Waals surface area contributed by atoms with E-state index in [1.807, 2.05) is 20.8 Å². The molecule has 5 aromatic rings. The van der Waals surface area contributed by atoms with E-state index < -0.39 is 254 Å². The molecule has 38 heteroatoms. The minimum atomic E-state index is -2.39. The van der Waals surface area contributed by atoms with Crippen LogP contribution in [0.1, 0.15) is 125 Å². The number of carbonyl (C=O) groups is 9. The number of rotatable bonds is 21. The normalized spacial score (nSPS) is 28.1. The van der Waals surface area contributed by atoms with Crippen LogP contribution >= 0.6 is 23.2 Å². The summed E-state index contributed by atoms with van der Waals surface area (Å²) in [6.07, 6.45) is -19.7. The number of hydrogen-bond donors (Lipinski definition) is 20. The second-order valence-corrected chi connectivity index (χ2v) is 28.9. The van der Waals surface area contributed by atoms with Gasteiger partial charge in [-0.2, -0.15) is 0 Å². The molecule has 600 valence electrons. The van der Waals surface area contributed by atoms with Crippen LogP contribution in [-0.4, -0.2) is 221 Å². The Hall–Kier alpha value is -9.77. The monoisotopic (exact) mass is 1590 g/mol. The Morgan fingerprint density at radius 2 is 1.34 bits per heavy atom. The standard InChI is InChI=1S/C73H87Cl2N9O27/c1-7-8-15-105-47(70(101)102)26-78-73(5)25-50(106-29(4)63(73)94)110-62-60(93)59(92)48(27-85)109-72(62)111-61-45-20-33-21-46(61)108-44-14-11-32(19-38(44)75)58(91)56-69(100)82-54(71(103)104)36-22-34(86)23-42(88)51(36)35-17-30(9-12-41(35)87)52(66(97)84-56)81-67(98)53(33)80-65(96)40(24-49(76)89)79-68(99)55(83-64(95)39(77-6)16-28(2)3)57(90)31-10-13-43(107-45)37(74)18-31/h9-14,17-23,28-29,39-40,47-48,50,52-60,62-63,72,77-78,85-88,90-94H,7-8,15-16,24-27H2,1-6H3,(H2,76,89)(H,79,99)(H,80,96)(H,81,98)(H,82,100)(H,83,95)(H,84,97)(H,101,102)(H,103,104)/t29?,39-,40?,47?,48?,50?,52?,53-,54-,55?,56+,57-,58-,59?,60?,62?,63?,72?,73?/m1/s1. The molecule has 19 atom stereocenters. The molecular formula is C73H87Cl2N9O27. The molecule has 36 nitrogen and oxygen atoms in total. The van der Waals surface area contributed by atoms with E-state index in [0.29, 0.717) is 12.8 Å². The van der Waals surface area contributed by atoms with Crippen LogP contribution in [0.3, 0.4) is 0 Å². The number of primary amides is 1. The molecule has 0 spiro atoms. The summed E-state index contributed by atoms with van der Waals surface area (Å²) in [6.45, 7) is 7.24. The van der Waals surface area contributed by atoms with Crippen molar-refractivity contribution in [3.05, 3.63) is 117 Å². The van der Waals surface area contributed by atoms with Gasteiger partial charge in [0, 0.05) is 47.9 Å². The van der Waals surface area contributed by atoms with Gasteiger partial charge in [-0.05, 0) is 117 Å². The number of likely N-dealkylation sites (N-methyl/N-ethyl adjacent to an activating group) is 1. The fourth-order valence-corrected chi connectivity index (χ4v) is 14.0. The molecule has 12 rings (SSSR count). The van der Waals surface area contributed by atoms with Crippen molar-refractivity contribution in [2.24, 2.45) is 11.7 Å². The van der Waals surface area contributed by atoms with Gasteiger partial charge in [-0.25, -0.2) is 9.59 Å². The van der Waals surface area contributed by atoms with Crippen LogP contribution in [0.5, 0.6) is 46.0 Å². The first kappa shape index (κ1) is 83.7. The maximum atomic E-state index is 16.1. The van der Waals surface area contributed by atoms with E-state index in [0.717, 1.165) is 66.7 Å². The zero-order valence-electron chi connectivity index (χ0n) is 60.4. The largest absolute Gasteiger partial charge is 0.508 e. The number of ether oxygens (including phenoxy) is 7. The molecular weight excluding hydrogens is 1510 g/mol. The molecule has 7 amide bonds. The number of aliphatic hydroxyl groups is 6. The van der Waals surface area contributed by atoms with E-state index in [9.17, 15) is 84.9 Å². The number of nitrogens with one attached hydrogen (secondary N) is 8. The summed E-state index contributed by atoms with van der Waals surface area (Å²) in [5.41, 5.74) is 1.31. The number of hydrogen-bond acceptors (Lipinski definition) is 27. The molecule has 7 aliphatic rings. The molecule has 7 heterocycles. The summed E-state index contributed by atoms with van der Waals surface area (Å²) in [5.74, 6) is -17.7. The number of fused-ring (bicyclic) bond motifs is 15. The van der Waals surface area contributed by atoms with Gasteiger partial charge in [-0.3, -0.25) is 33.6 Å². The average molecular weight is 1590 g/mol. The Bertz CT molecular complexity index is 4370. The van der Waals surface area contributed by atoms with Crippen molar-refractivity contribution in [3.63, 3.8) is 0 Å². The van der Waals surface area contributed by atoms with E-state index in [2.05, 4.69) is 42.5 Å².